The second kappa shape index (κ2) is 13.9. The summed E-state index contributed by atoms with van der Waals surface area (Å²) in [6.07, 6.45) is 8.04. The lowest BCUT2D eigenvalue weighted by molar-refractivity contribution is -0.124. The zero-order valence-electron chi connectivity index (χ0n) is 26.0. The van der Waals surface area contributed by atoms with Crippen molar-refractivity contribution in [1.29, 1.82) is 0 Å². The van der Waals surface area contributed by atoms with Gasteiger partial charge in [-0.25, -0.2) is 0 Å². The van der Waals surface area contributed by atoms with Crippen LogP contribution in [0.1, 0.15) is 49.0 Å². The topological polar surface area (TPSA) is 127 Å². The second-order valence-corrected chi connectivity index (χ2v) is 13.9. The van der Waals surface area contributed by atoms with Crippen LogP contribution in [0.5, 0.6) is 17.2 Å². The van der Waals surface area contributed by atoms with Crippen LogP contribution >= 0.6 is 24.0 Å². The SMILES string of the molecule is COc1cc(OC)cc(-c2cc(CCCNC(=O)[C@@H](N)Cc3ccc(O)cc3)c(/C=C3\SC(=S)N(C4CC5CCC4C5)C3=O)o2)c1. The summed E-state index contributed by atoms with van der Waals surface area (Å²) >= 11 is 7.06. The average Bonchev–Trinajstić information content (AvgIpc) is 3.84. The van der Waals surface area contributed by atoms with E-state index in [2.05, 4.69) is 5.32 Å². The van der Waals surface area contributed by atoms with E-state index < -0.39 is 6.04 Å². The minimum Gasteiger partial charge on any atom is -0.508 e. The Labute approximate surface area is 278 Å². The van der Waals surface area contributed by atoms with Crippen molar-refractivity contribution in [3.05, 3.63) is 70.3 Å². The van der Waals surface area contributed by atoms with Crippen molar-refractivity contribution >= 4 is 46.2 Å². The molecule has 6 rings (SSSR count). The van der Waals surface area contributed by atoms with Crippen LogP contribution in [-0.2, 0) is 22.4 Å². The Bertz CT molecular complexity index is 1630. The normalized spacial score (nSPS) is 22.1. The van der Waals surface area contributed by atoms with Crippen molar-refractivity contribution in [2.24, 2.45) is 17.6 Å². The second-order valence-electron chi connectivity index (χ2n) is 12.3. The number of phenols is 1. The Hall–Kier alpha value is -3.80. The zero-order chi connectivity index (χ0) is 32.4. The fraction of sp³-hybridized carbons (Fsp3) is 0.400. The Morgan fingerprint density at radius 1 is 1.15 bits per heavy atom. The molecule has 1 aliphatic heterocycles. The highest BCUT2D eigenvalue weighted by Crippen LogP contribution is 2.49. The summed E-state index contributed by atoms with van der Waals surface area (Å²) in [5.74, 6) is 3.57. The number of methoxy groups -OCH3 is 2. The van der Waals surface area contributed by atoms with Gasteiger partial charge in [0.2, 0.25) is 5.91 Å². The van der Waals surface area contributed by atoms with Crippen LogP contribution in [0.25, 0.3) is 17.4 Å². The van der Waals surface area contributed by atoms with Gasteiger partial charge >= 0.3 is 0 Å². The van der Waals surface area contributed by atoms with E-state index in [4.69, 9.17) is 31.8 Å². The van der Waals surface area contributed by atoms with E-state index in [9.17, 15) is 14.7 Å². The van der Waals surface area contributed by atoms with Crippen LogP contribution in [0.3, 0.4) is 0 Å². The van der Waals surface area contributed by atoms with Gasteiger partial charge in [-0.3, -0.25) is 14.5 Å². The minimum atomic E-state index is -0.708. The molecule has 2 aromatic carbocycles. The molecule has 11 heteroatoms. The highest BCUT2D eigenvalue weighted by Gasteiger charge is 2.48. The molecular weight excluding hydrogens is 623 g/mol. The smallest absolute Gasteiger partial charge is 0.266 e. The van der Waals surface area contributed by atoms with E-state index in [0.717, 1.165) is 23.1 Å². The number of thioether (sulfide) groups is 1. The molecule has 2 heterocycles. The number of nitrogens with two attached hydrogens (primary N) is 1. The molecule has 4 N–H and O–H groups in total. The van der Waals surface area contributed by atoms with Crippen molar-refractivity contribution in [2.45, 2.75) is 57.0 Å². The fourth-order valence-corrected chi connectivity index (χ4v) is 8.21. The number of phenolic OH excluding ortho intramolecular Hbond substituents is 1. The maximum absolute atomic E-state index is 13.7. The van der Waals surface area contributed by atoms with Crippen molar-refractivity contribution in [3.8, 4) is 28.6 Å². The number of ether oxygens (including phenoxy) is 2. The van der Waals surface area contributed by atoms with Crippen LogP contribution < -0.4 is 20.5 Å². The standard InChI is InChI=1S/C35H39N3O6S2/c1-42-26-15-24(16-27(18-26)43-2)30-17-23(4-3-11-37-33(40)28(36)13-20-6-9-25(39)10-7-20)31(44-30)19-32-34(41)38(35(45)46-32)29-14-21-5-8-22(29)12-21/h6-7,9-10,15-19,21-22,28-29,39H,3-5,8,11-14,36H2,1-2H3,(H,37,40)/b32-19-/t21?,22?,28-,29?/m0/s1. The Morgan fingerprint density at radius 3 is 2.54 bits per heavy atom. The van der Waals surface area contributed by atoms with E-state index >= 15 is 0 Å². The van der Waals surface area contributed by atoms with E-state index in [1.807, 2.05) is 29.2 Å². The molecule has 0 spiro atoms. The van der Waals surface area contributed by atoms with E-state index in [1.165, 1.54) is 31.0 Å². The molecule has 46 heavy (non-hydrogen) atoms. The molecule has 242 valence electrons. The lowest BCUT2D eigenvalue weighted by Crippen LogP contribution is -2.42. The number of aryl methyl sites for hydroxylation is 1. The first-order valence-corrected chi connectivity index (χ1v) is 16.9. The molecule has 3 aromatic rings. The highest BCUT2D eigenvalue weighted by atomic mass is 32.2. The van der Waals surface area contributed by atoms with Crippen LogP contribution in [0.15, 0.2) is 57.9 Å². The number of rotatable bonds is 12. The number of nitrogens with zero attached hydrogens (tertiary/aromatic N) is 1. The lowest BCUT2D eigenvalue weighted by Gasteiger charge is -2.30. The van der Waals surface area contributed by atoms with Crippen molar-refractivity contribution in [3.63, 3.8) is 0 Å². The van der Waals surface area contributed by atoms with Gasteiger partial charge in [-0.2, -0.15) is 0 Å². The number of hydrogen-bond donors (Lipinski definition) is 3. The molecule has 3 unspecified atom stereocenters. The summed E-state index contributed by atoms with van der Waals surface area (Å²) in [5, 5.41) is 12.4. The van der Waals surface area contributed by atoms with Gasteiger partial charge in [-0.15, -0.1) is 0 Å². The van der Waals surface area contributed by atoms with Gasteiger partial charge < -0.3 is 30.0 Å². The zero-order valence-corrected chi connectivity index (χ0v) is 27.6. The number of aromatic hydroxyl groups is 1. The van der Waals surface area contributed by atoms with Gasteiger partial charge in [-0.1, -0.05) is 42.5 Å². The van der Waals surface area contributed by atoms with Crippen LogP contribution in [0.4, 0.5) is 0 Å². The molecule has 9 nitrogen and oxygen atoms in total. The summed E-state index contributed by atoms with van der Waals surface area (Å²) in [7, 11) is 3.20. The Balaban J connectivity index is 1.18. The van der Waals surface area contributed by atoms with Gasteiger partial charge in [0.1, 0.15) is 33.1 Å². The molecule has 3 aliphatic rings. The largest absolute Gasteiger partial charge is 0.508 e. The average molecular weight is 662 g/mol. The van der Waals surface area contributed by atoms with Crippen molar-refractivity contribution in [1.82, 2.24) is 10.2 Å². The first-order chi connectivity index (χ1) is 22.2. The molecule has 2 bridgehead atoms. The van der Waals surface area contributed by atoms with E-state index in [1.54, 1.807) is 44.6 Å². The number of fused-ring (bicyclic) bond motifs is 2. The maximum Gasteiger partial charge on any atom is 0.266 e. The molecule has 1 saturated heterocycles. The van der Waals surface area contributed by atoms with E-state index in [-0.39, 0.29) is 23.6 Å². The summed E-state index contributed by atoms with van der Waals surface area (Å²) < 4.78 is 18.0. The number of benzene rings is 2. The molecule has 0 radical (unpaired) electrons. The first-order valence-electron chi connectivity index (χ1n) is 15.7. The number of furan rings is 1. The number of carbonyl (C=O) groups is 2. The minimum absolute atomic E-state index is 0.0469. The number of thiocarbonyl (C=S) groups is 1. The molecule has 4 atom stereocenters. The molecular formula is C35H39N3O6S2. The summed E-state index contributed by atoms with van der Waals surface area (Å²) in [6.45, 7) is 0.418. The maximum atomic E-state index is 13.7. The third-order valence-electron chi connectivity index (χ3n) is 9.25. The third kappa shape index (κ3) is 6.96. The number of carbonyl (C=O) groups excluding carboxylic acids is 2. The number of amides is 2. The highest BCUT2D eigenvalue weighted by molar-refractivity contribution is 8.26. The lowest BCUT2D eigenvalue weighted by atomic mass is 9.94. The first kappa shape index (κ1) is 32.2. The molecule has 2 aliphatic carbocycles. The van der Waals surface area contributed by atoms with Gasteiger partial charge in [-0.05, 0) is 91.8 Å². The third-order valence-corrected chi connectivity index (χ3v) is 10.6. The molecule has 2 saturated carbocycles. The van der Waals surface area contributed by atoms with Gasteiger partial charge in [0.05, 0.1) is 25.2 Å². The van der Waals surface area contributed by atoms with Gasteiger partial charge in [0, 0.05) is 30.3 Å². The fourth-order valence-electron chi connectivity index (χ4n) is 6.86. The van der Waals surface area contributed by atoms with Crippen LogP contribution in [-0.4, -0.2) is 59.0 Å². The summed E-state index contributed by atoms with van der Waals surface area (Å²) in [5.41, 5.74) is 8.70. The quantitative estimate of drug-likeness (QED) is 0.128. The van der Waals surface area contributed by atoms with Gasteiger partial charge in [0.15, 0.2) is 0 Å². The monoisotopic (exact) mass is 661 g/mol. The van der Waals surface area contributed by atoms with Crippen molar-refractivity contribution < 1.29 is 28.6 Å². The van der Waals surface area contributed by atoms with E-state index in [0.29, 0.717) is 69.9 Å². The molecule has 2 amide bonds. The predicted octanol–water partition coefficient (Wildman–Crippen LogP) is 5.68. The van der Waals surface area contributed by atoms with Crippen molar-refractivity contribution in [2.75, 3.05) is 20.8 Å². The molecule has 3 fully saturated rings. The Kier molecular flexibility index (Phi) is 9.72. The molecule has 1 aromatic heterocycles. The summed E-state index contributed by atoms with van der Waals surface area (Å²) in [4.78, 5) is 28.8. The predicted molar refractivity (Wildman–Crippen MR) is 183 cm³/mol. The number of hydrogen-bond acceptors (Lipinski definition) is 9. The van der Waals surface area contributed by atoms with Crippen LogP contribution in [0, 0.1) is 11.8 Å². The Morgan fingerprint density at radius 2 is 1.89 bits per heavy atom. The van der Waals surface area contributed by atoms with Gasteiger partial charge in [0.25, 0.3) is 5.91 Å². The van der Waals surface area contributed by atoms with Crippen LogP contribution in [0.2, 0.25) is 0 Å². The number of nitrogens with one attached hydrogen (secondary N) is 1. The summed E-state index contributed by atoms with van der Waals surface area (Å²) in [6, 6.07) is 13.7.